The first-order valence-electron chi connectivity index (χ1n) is 18.6. The van der Waals surface area contributed by atoms with Crippen molar-refractivity contribution in [2.24, 2.45) is 11.5 Å². The van der Waals surface area contributed by atoms with Crippen LogP contribution in [0.25, 0.3) is 0 Å². The second-order valence-corrected chi connectivity index (χ2v) is 16.7. The van der Waals surface area contributed by atoms with Crippen molar-refractivity contribution in [2.45, 2.75) is 151 Å². The average molecular weight is 809 g/mol. The van der Waals surface area contributed by atoms with Gasteiger partial charge in [0.2, 0.25) is 6.29 Å². The lowest BCUT2D eigenvalue weighted by Gasteiger charge is -2.50. The normalized spacial score (nSPS) is 33.6. The van der Waals surface area contributed by atoms with Crippen LogP contribution in [0.15, 0.2) is 11.8 Å². The van der Waals surface area contributed by atoms with E-state index in [0.29, 0.717) is 12.2 Å². The molecule has 0 aromatic rings. The number of hydrogen-bond acceptors (Lipinski definition) is 18. The molecule has 13 N–H and O–H groups in total. The molecule has 21 nitrogen and oxygen atoms in total. The van der Waals surface area contributed by atoms with Gasteiger partial charge in [0.05, 0.1) is 50.5 Å². The van der Waals surface area contributed by atoms with E-state index in [1.54, 1.807) is 47.6 Å². The molecule has 3 amide bonds. The van der Waals surface area contributed by atoms with Crippen LogP contribution in [0.5, 0.6) is 0 Å². The molecule has 21 heteroatoms. The third-order valence-corrected chi connectivity index (χ3v) is 9.07. The van der Waals surface area contributed by atoms with Crippen LogP contribution >= 0.6 is 0 Å². The van der Waals surface area contributed by atoms with Crippen LogP contribution in [0.2, 0.25) is 0 Å². The highest BCUT2D eigenvalue weighted by atomic mass is 16.7. The molecule has 0 aromatic heterocycles. The van der Waals surface area contributed by atoms with Gasteiger partial charge in [0.15, 0.2) is 6.29 Å². The molecule has 0 aromatic carbocycles. The van der Waals surface area contributed by atoms with Crippen molar-refractivity contribution in [3.8, 4) is 0 Å². The first-order valence-corrected chi connectivity index (χ1v) is 18.6. The van der Waals surface area contributed by atoms with E-state index in [4.69, 9.17) is 45.0 Å². The van der Waals surface area contributed by atoms with Crippen molar-refractivity contribution in [2.75, 3.05) is 39.9 Å². The molecule has 3 rings (SSSR count). The Balaban J connectivity index is 1.85. The number of nitrogens with two attached hydrogens (primary N) is 2. The van der Waals surface area contributed by atoms with Crippen LogP contribution in [-0.2, 0) is 33.2 Å². The number of aliphatic hydroxyl groups is 6. The number of ether oxygens (including phenoxy) is 6. The van der Waals surface area contributed by atoms with Gasteiger partial charge in [-0.05, 0) is 67.4 Å². The lowest BCUT2D eigenvalue weighted by Crippen LogP contribution is -2.70. The Morgan fingerprint density at radius 1 is 0.982 bits per heavy atom. The Bertz CT molecular complexity index is 1340. The summed E-state index contributed by atoms with van der Waals surface area (Å²) < 4.78 is 34.6. The minimum atomic E-state index is -1.80. The van der Waals surface area contributed by atoms with Crippen molar-refractivity contribution in [3.05, 3.63) is 11.8 Å². The maximum Gasteiger partial charge on any atom is 0.410 e. The zero-order valence-electron chi connectivity index (χ0n) is 33.4. The summed E-state index contributed by atoms with van der Waals surface area (Å²) in [5.41, 5.74) is 9.30. The molecule has 3 aliphatic rings. The topological polar surface area (TPSA) is 319 Å². The van der Waals surface area contributed by atoms with E-state index in [2.05, 4.69) is 16.0 Å². The number of amides is 3. The van der Waals surface area contributed by atoms with Crippen LogP contribution in [0.1, 0.15) is 61.3 Å². The minimum Gasteiger partial charge on any atom is -0.467 e. The van der Waals surface area contributed by atoms with Gasteiger partial charge in [-0.3, -0.25) is 4.79 Å². The number of alkyl carbamates (subject to hydrolysis) is 1. The molecular weight excluding hydrogens is 744 g/mol. The summed E-state index contributed by atoms with van der Waals surface area (Å²) in [5, 5.41) is 71.9. The van der Waals surface area contributed by atoms with Gasteiger partial charge < -0.3 is 91.4 Å². The van der Waals surface area contributed by atoms with E-state index < -0.39 is 128 Å². The largest absolute Gasteiger partial charge is 0.467 e. The van der Waals surface area contributed by atoms with Gasteiger partial charge in [0, 0.05) is 19.6 Å². The van der Waals surface area contributed by atoms with Gasteiger partial charge in [-0.1, -0.05) is 0 Å². The molecule has 0 bridgehead atoms. The van der Waals surface area contributed by atoms with E-state index in [1.165, 1.54) is 14.0 Å². The van der Waals surface area contributed by atoms with Crippen LogP contribution in [0.3, 0.4) is 0 Å². The molecule has 1 unspecified atom stereocenters. The highest BCUT2D eigenvalue weighted by Gasteiger charge is 2.54. The molecule has 1 saturated carbocycles. The number of nitrogens with one attached hydrogen (secondary N) is 3. The summed E-state index contributed by atoms with van der Waals surface area (Å²) in [6, 6.07) is -4.21. The predicted molar refractivity (Wildman–Crippen MR) is 196 cm³/mol. The number of likely N-dealkylation sites (N-methyl/N-ethyl adjacent to an activating group) is 1. The predicted octanol–water partition coefficient (Wildman–Crippen LogP) is -3.18. The van der Waals surface area contributed by atoms with Crippen molar-refractivity contribution >= 4 is 18.1 Å². The van der Waals surface area contributed by atoms with Crippen LogP contribution in [0.4, 0.5) is 9.59 Å². The smallest absolute Gasteiger partial charge is 0.410 e. The van der Waals surface area contributed by atoms with E-state index in [9.17, 15) is 39.9 Å². The summed E-state index contributed by atoms with van der Waals surface area (Å²) in [5.74, 6) is -0.557. The lowest BCUT2D eigenvalue weighted by atomic mass is 9.83. The maximum absolute atomic E-state index is 13.3. The molecule has 56 heavy (non-hydrogen) atoms. The molecule has 2 aliphatic heterocycles. The Kier molecular flexibility index (Phi) is 16.7. The molecule has 324 valence electrons. The minimum absolute atomic E-state index is 0.0812. The van der Waals surface area contributed by atoms with Crippen molar-refractivity contribution < 1.29 is 73.4 Å². The van der Waals surface area contributed by atoms with Crippen molar-refractivity contribution in [1.29, 1.82) is 0 Å². The first-order chi connectivity index (χ1) is 25.8. The SMILES string of the molecule is CN(C(=O)OC(C)(C)C)[C@@H]1[C@@H](O)[C@@H](O[C@@H]2[C@@H](O)[C@H](O[C@H]3OC(CNCC(O)CO)=CC[C@H]3N)[C@@H](N)C[C@H]2NC(=O)[C@H](O)CNC(=O)OC(C)(C)C)OC[C@]1(C)O. The van der Waals surface area contributed by atoms with Gasteiger partial charge >= 0.3 is 12.2 Å². The number of carbonyl (C=O) groups excluding carboxylic acids is 3. The summed E-state index contributed by atoms with van der Waals surface area (Å²) in [4.78, 5) is 39.4. The Labute approximate surface area is 326 Å². The fourth-order valence-corrected chi connectivity index (χ4v) is 6.41. The number of aliphatic hydroxyl groups excluding tert-OH is 5. The van der Waals surface area contributed by atoms with E-state index in [-0.39, 0.29) is 19.5 Å². The molecule has 2 heterocycles. The fraction of sp³-hybridized carbons (Fsp3) is 0.857. The van der Waals surface area contributed by atoms with Gasteiger partial charge in [-0.25, -0.2) is 9.59 Å². The average Bonchev–Trinajstić information content (AvgIpc) is 3.07. The van der Waals surface area contributed by atoms with Gasteiger partial charge in [-0.2, -0.15) is 0 Å². The number of hydrogen-bond donors (Lipinski definition) is 11. The summed E-state index contributed by atoms with van der Waals surface area (Å²) in [6.07, 6.45) is -11.5. The van der Waals surface area contributed by atoms with Gasteiger partial charge in [-0.15, -0.1) is 0 Å². The van der Waals surface area contributed by atoms with E-state index in [1.807, 2.05) is 0 Å². The van der Waals surface area contributed by atoms with Crippen LogP contribution < -0.4 is 27.4 Å². The fourth-order valence-electron chi connectivity index (χ4n) is 6.41. The molecule has 1 aliphatic carbocycles. The lowest BCUT2D eigenvalue weighted by molar-refractivity contribution is -0.310. The number of carbonyl (C=O) groups is 3. The summed E-state index contributed by atoms with van der Waals surface area (Å²) in [6.45, 7) is 10.1. The van der Waals surface area contributed by atoms with Gasteiger partial charge in [0.1, 0.15) is 53.1 Å². The second-order valence-electron chi connectivity index (χ2n) is 16.7. The highest BCUT2D eigenvalue weighted by molar-refractivity contribution is 5.81. The molecule has 0 radical (unpaired) electrons. The van der Waals surface area contributed by atoms with Crippen LogP contribution in [-0.4, -0.2) is 184 Å². The molecule has 13 atom stereocenters. The molecule has 0 spiro atoms. The second kappa shape index (κ2) is 19.7. The van der Waals surface area contributed by atoms with Gasteiger partial charge in [0.25, 0.3) is 5.91 Å². The number of rotatable bonds is 14. The maximum atomic E-state index is 13.3. The molecule has 1 saturated heterocycles. The Hall–Kier alpha value is -2.93. The first kappa shape index (κ1) is 47.4. The molecule has 2 fully saturated rings. The third kappa shape index (κ3) is 13.6. The Morgan fingerprint density at radius 3 is 2.21 bits per heavy atom. The third-order valence-electron chi connectivity index (χ3n) is 9.07. The van der Waals surface area contributed by atoms with E-state index >= 15 is 0 Å². The van der Waals surface area contributed by atoms with E-state index in [0.717, 1.165) is 4.90 Å². The zero-order chi connectivity index (χ0) is 42.3. The van der Waals surface area contributed by atoms with Crippen molar-refractivity contribution in [1.82, 2.24) is 20.9 Å². The van der Waals surface area contributed by atoms with Crippen molar-refractivity contribution in [3.63, 3.8) is 0 Å². The highest BCUT2D eigenvalue weighted by Crippen LogP contribution is 2.34. The number of nitrogens with zero attached hydrogens (tertiary/aromatic N) is 1. The van der Waals surface area contributed by atoms with Crippen LogP contribution in [0, 0.1) is 0 Å². The summed E-state index contributed by atoms with van der Waals surface area (Å²) >= 11 is 0. The zero-order valence-corrected chi connectivity index (χ0v) is 33.4. The molecular formula is C35H64N6O15. The summed E-state index contributed by atoms with van der Waals surface area (Å²) in [7, 11) is 1.33. The Morgan fingerprint density at radius 2 is 1.61 bits per heavy atom. The monoisotopic (exact) mass is 808 g/mol. The quantitative estimate of drug-likeness (QED) is 0.0824. The standard InChI is InChI=1S/C35H64N6O15/c1-33(2,3)55-31(48)39-14-22(44)28(47)40-21-11-20(37)25(53-29-19(36)10-9-18(52-29)13-38-12-17(43)15-42)23(45)26(21)54-30-24(46)27(35(7,50)16-51-30)41(8)32(49)56-34(4,5)6/h9,17,19-27,29-30,38,42-46,50H,10-16,36-37H2,1-8H3,(H,39,48)(H,40,47)/t17?,19-,20+,21-,22-,23+,24-,25-,26+,27-,29-,30-,35+/m1/s1.